The van der Waals surface area contributed by atoms with Crippen molar-refractivity contribution in [2.24, 2.45) is 5.92 Å². The minimum absolute atomic E-state index is 0.183. The van der Waals surface area contributed by atoms with E-state index < -0.39 is 6.56 Å². The Labute approximate surface area is 60.9 Å². The Balaban J connectivity index is 3.88. The highest BCUT2D eigenvalue weighted by atomic mass is 16.3. The first-order valence-electron chi connectivity index (χ1n) is 4.74. The van der Waals surface area contributed by atoms with Crippen LogP contribution in [-0.4, -0.2) is 11.7 Å². The molecule has 0 aromatic carbocycles. The predicted octanol–water partition coefficient (Wildman–Crippen LogP) is 2.20. The van der Waals surface area contributed by atoms with Crippen molar-refractivity contribution in [1.82, 2.24) is 0 Å². The lowest BCUT2D eigenvalue weighted by Crippen LogP contribution is -2.04. The fraction of sp³-hybridized carbons (Fsp3) is 1.00. The Morgan fingerprint density at radius 1 is 1.33 bits per heavy atom. The van der Waals surface area contributed by atoms with Gasteiger partial charge in [-0.2, -0.15) is 0 Å². The highest BCUT2D eigenvalue weighted by Gasteiger charge is 2.02. The van der Waals surface area contributed by atoms with E-state index in [9.17, 15) is 0 Å². The van der Waals surface area contributed by atoms with Crippen molar-refractivity contribution >= 4 is 0 Å². The van der Waals surface area contributed by atoms with E-state index in [1.807, 2.05) is 13.8 Å². The van der Waals surface area contributed by atoms with Crippen LogP contribution in [0.5, 0.6) is 0 Å². The molecule has 0 amide bonds. The normalized spacial score (nSPS) is 15.6. The molecule has 0 saturated heterocycles. The van der Waals surface area contributed by atoms with Crippen LogP contribution in [0.1, 0.15) is 42.3 Å². The van der Waals surface area contributed by atoms with E-state index in [0.717, 1.165) is 25.7 Å². The van der Waals surface area contributed by atoms with Crippen molar-refractivity contribution < 1.29 is 7.85 Å². The van der Waals surface area contributed by atoms with Crippen molar-refractivity contribution in [3.8, 4) is 0 Å². The average molecular weight is 132 g/mol. The summed E-state index contributed by atoms with van der Waals surface area (Å²) in [6, 6.07) is 0. The first-order chi connectivity index (χ1) is 5.02. The molecule has 0 saturated carbocycles. The van der Waals surface area contributed by atoms with E-state index >= 15 is 0 Å². The lowest BCUT2D eigenvalue weighted by molar-refractivity contribution is 0.209. The van der Waals surface area contributed by atoms with Gasteiger partial charge in [-0.25, -0.2) is 0 Å². The van der Waals surface area contributed by atoms with Gasteiger partial charge in [-0.1, -0.05) is 26.7 Å². The van der Waals surface area contributed by atoms with Crippen LogP contribution in [0.2, 0.25) is 0 Å². The summed E-state index contributed by atoms with van der Waals surface area (Å²) in [6.45, 7) is 2.04. The fourth-order valence-corrected chi connectivity index (χ4v) is 0.970. The Hall–Kier alpha value is -0.0400. The molecule has 0 aliphatic heterocycles. The van der Waals surface area contributed by atoms with Gasteiger partial charge in [0, 0.05) is 6.56 Å². The van der Waals surface area contributed by atoms with Gasteiger partial charge >= 0.3 is 0 Å². The van der Waals surface area contributed by atoms with Gasteiger partial charge in [0.05, 0.1) is 2.74 Å². The number of hydrogen-bond donors (Lipinski definition) is 1. The smallest absolute Gasteiger partial charge is 0.0567 e. The summed E-state index contributed by atoms with van der Waals surface area (Å²) < 4.78 is 14.2. The summed E-state index contributed by atoms with van der Waals surface area (Å²) in [4.78, 5) is 0. The van der Waals surface area contributed by atoms with Crippen LogP contribution in [0.4, 0.5) is 0 Å². The van der Waals surface area contributed by atoms with Crippen LogP contribution in [-0.2, 0) is 0 Å². The van der Waals surface area contributed by atoms with Crippen molar-refractivity contribution in [1.29, 1.82) is 0 Å². The first kappa shape index (κ1) is 5.72. The van der Waals surface area contributed by atoms with Gasteiger partial charge in [-0.05, 0) is 18.8 Å². The summed E-state index contributed by atoms with van der Waals surface area (Å²) in [5.41, 5.74) is 0. The Morgan fingerprint density at radius 3 is 2.00 bits per heavy atom. The van der Waals surface area contributed by atoms with E-state index in [-0.39, 0.29) is 5.92 Å². The molecule has 0 unspecified atom stereocenters. The van der Waals surface area contributed by atoms with Crippen LogP contribution in [0, 0.1) is 5.92 Å². The largest absolute Gasteiger partial charge is 0.396 e. The standard InChI is InChI=1S/C8H18O/c1-3-5-8(7-9)6-4-2/h8-9H,3-7H2,1-2H3/i7D2. The predicted molar refractivity (Wildman–Crippen MR) is 40.4 cm³/mol. The van der Waals surface area contributed by atoms with Gasteiger partial charge < -0.3 is 5.11 Å². The molecule has 0 fully saturated rings. The molecule has 0 spiro atoms. The molecule has 1 N–H and O–H groups in total. The highest BCUT2D eigenvalue weighted by Crippen LogP contribution is 2.11. The molecule has 0 atom stereocenters. The van der Waals surface area contributed by atoms with Gasteiger partial charge in [0.15, 0.2) is 0 Å². The fourth-order valence-electron chi connectivity index (χ4n) is 0.970. The number of hydrogen-bond acceptors (Lipinski definition) is 1. The molecule has 0 aromatic rings. The zero-order chi connectivity index (χ0) is 8.91. The zero-order valence-corrected chi connectivity index (χ0v) is 6.35. The van der Waals surface area contributed by atoms with E-state index in [1.165, 1.54) is 0 Å². The lowest BCUT2D eigenvalue weighted by Gasteiger charge is -2.09. The molecule has 0 aliphatic rings. The zero-order valence-electron chi connectivity index (χ0n) is 8.35. The second-order valence-corrected chi connectivity index (χ2v) is 2.40. The van der Waals surface area contributed by atoms with E-state index in [1.54, 1.807) is 0 Å². The Morgan fingerprint density at radius 2 is 1.78 bits per heavy atom. The molecule has 9 heavy (non-hydrogen) atoms. The number of aliphatic hydroxyl groups is 1. The van der Waals surface area contributed by atoms with Gasteiger partial charge in [0.25, 0.3) is 0 Å². The molecular formula is C8H18O. The van der Waals surface area contributed by atoms with E-state index in [0.29, 0.717) is 0 Å². The van der Waals surface area contributed by atoms with Crippen molar-refractivity contribution in [2.75, 3.05) is 6.56 Å². The van der Waals surface area contributed by atoms with Crippen LogP contribution in [0.25, 0.3) is 0 Å². The van der Waals surface area contributed by atoms with E-state index in [2.05, 4.69) is 0 Å². The summed E-state index contributed by atoms with van der Waals surface area (Å²) in [5.74, 6) is -0.183. The quantitative estimate of drug-likeness (QED) is 0.608. The maximum absolute atomic E-state index is 9.07. The average Bonchev–Trinajstić information content (AvgIpc) is 1.85. The Kier molecular flexibility index (Phi) is 3.87. The van der Waals surface area contributed by atoms with Crippen LogP contribution >= 0.6 is 0 Å². The molecule has 0 heterocycles. The lowest BCUT2D eigenvalue weighted by atomic mass is 10.00. The molecule has 0 bridgehead atoms. The molecular weight excluding hydrogens is 112 g/mol. The number of rotatable bonds is 5. The van der Waals surface area contributed by atoms with Crippen molar-refractivity contribution in [2.45, 2.75) is 39.5 Å². The second-order valence-electron chi connectivity index (χ2n) is 2.40. The van der Waals surface area contributed by atoms with Gasteiger partial charge in [0.1, 0.15) is 0 Å². The molecule has 0 radical (unpaired) electrons. The van der Waals surface area contributed by atoms with Crippen LogP contribution in [0.3, 0.4) is 0 Å². The minimum atomic E-state index is -1.98. The molecule has 0 aromatic heterocycles. The van der Waals surface area contributed by atoms with Crippen LogP contribution < -0.4 is 0 Å². The van der Waals surface area contributed by atoms with Gasteiger partial charge in [-0.15, -0.1) is 0 Å². The molecule has 0 aliphatic carbocycles. The minimum Gasteiger partial charge on any atom is -0.396 e. The summed E-state index contributed by atoms with van der Waals surface area (Å²) in [6.07, 6.45) is 3.42. The maximum Gasteiger partial charge on any atom is 0.0567 e. The maximum atomic E-state index is 9.07. The van der Waals surface area contributed by atoms with Gasteiger partial charge in [0.2, 0.25) is 0 Å². The first-order valence-corrected chi connectivity index (χ1v) is 3.74. The third-order valence-corrected chi connectivity index (χ3v) is 1.46. The third-order valence-electron chi connectivity index (χ3n) is 1.46. The topological polar surface area (TPSA) is 20.2 Å². The van der Waals surface area contributed by atoms with Gasteiger partial charge in [-0.3, -0.25) is 0 Å². The second kappa shape index (κ2) is 6.09. The van der Waals surface area contributed by atoms with Crippen molar-refractivity contribution in [3.63, 3.8) is 0 Å². The van der Waals surface area contributed by atoms with E-state index in [4.69, 9.17) is 7.85 Å². The summed E-state index contributed by atoms with van der Waals surface area (Å²) >= 11 is 0. The molecule has 1 nitrogen and oxygen atoms in total. The summed E-state index contributed by atoms with van der Waals surface area (Å²) in [7, 11) is 0. The monoisotopic (exact) mass is 132 g/mol. The molecule has 0 rings (SSSR count). The molecule has 56 valence electrons. The van der Waals surface area contributed by atoms with Crippen molar-refractivity contribution in [3.05, 3.63) is 0 Å². The molecule has 1 heteroatoms. The summed E-state index contributed by atoms with van der Waals surface area (Å²) in [5, 5.41) is 9.07. The SMILES string of the molecule is [2H]C([2H])(O)C(CCC)CCC. The Bertz CT molecular complexity index is 92.8. The highest BCUT2D eigenvalue weighted by molar-refractivity contribution is 4.54. The third kappa shape index (κ3) is 4.46. The van der Waals surface area contributed by atoms with Crippen LogP contribution in [0.15, 0.2) is 0 Å².